The SMILES string of the molecule is OC[C@H]1O[C@H](OC[C@H]2O[C@H](OC[C@H]3O[C@@H](O)[C@H](O)[C@@H](O)[C@H]3O)[C@H](O)[C@@H](O)[C@H]2O)[C@H](O)[C@@H](O)[C@H]1O. The first kappa shape index (κ1) is 27.9. The van der Waals surface area contributed by atoms with Crippen molar-refractivity contribution in [2.45, 2.75) is 92.1 Å². The first-order chi connectivity index (χ1) is 16.0. The summed E-state index contributed by atoms with van der Waals surface area (Å²) in [6.45, 7) is -1.84. The average molecular weight is 504 g/mol. The summed E-state index contributed by atoms with van der Waals surface area (Å²) in [5.41, 5.74) is 0. The molecule has 0 aromatic rings. The molecule has 3 fully saturated rings. The Bertz CT molecular complexity index is 639. The molecule has 0 amide bonds. The fourth-order valence-corrected chi connectivity index (χ4v) is 3.84. The lowest BCUT2D eigenvalue weighted by atomic mass is 9.98. The second-order valence-electron chi connectivity index (χ2n) is 8.42. The molecule has 0 bridgehead atoms. The van der Waals surface area contributed by atoms with E-state index in [9.17, 15) is 56.2 Å². The van der Waals surface area contributed by atoms with Crippen molar-refractivity contribution in [2.75, 3.05) is 19.8 Å². The average Bonchev–Trinajstić information content (AvgIpc) is 2.82. The van der Waals surface area contributed by atoms with Crippen molar-refractivity contribution in [3.8, 4) is 0 Å². The summed E-state index contributed by atoms with van der Waals surface area (Å²) in [5.74, 6) is 0. The van der Waals surface area contributed by atoms with Gasteiger partial charge in [0.2, 0.25) is 0 Å². The normalized spacial score (nSPS) is 52.5. The molecule has 0 aliphatic carbocycles. The molecule has 3 saturated heterocycles. The highest BCUT2D eigenvalue weighted by Gasteiger charge is 2.48. The van der Waals surface area contributed by atoms with Crippen LogP contribution in [0.2, 0.25) is 0 Å². The van der Waals surface area contributed by atoms with Crippen molar-refractivity contribution in [2.24, 2.45) is 0 Å². The number of rotatable bonds is 7. The largest absolute Gasteiger partial charge is 0.394 e. The zero-order valence-corrected chi connectivity index (χ0v) is 17.7. The molecular weight excluding hydrogens is 472 g/mol. The van der Waals surface area contributed by atoms with Crippen molar-refractivity contribution in [3.05, 3.63) is 0 Å². The van der Waals surface area contributed by atoms with Gasteiger partial charge in [-0.15, -0.1) is 0 Å². The standard InChI is InChI=1S/C18H32O16/c19-1-4-7(20)11(24)14(27)17(33-4)31-3-6-9(22)12(25)15(28)18(34-6)30-2-5-8(21)10(23)13(26)16(29)32-5/h4-29H,1-3H2/t4-,5-,6-,7+,8+,9+,10+,11+,12+,13-,14-,15-,16-,17+,18+/m1/s1. The summed E-state index contributed by atoms with van der Waals surface area (Å²) < 4.78 is 26.1. The van der Waals surface area contributed by atoms with Gasteiger partial charge in [0.15, 0.2) is 18.9 Å². The molecule has 16 nitrogen and oxygen atoms in total. The van der Waals surface area contributed by atoms with Gasteiger partial charge < -0.3 is 79.9 Å². The fraction of sp³-hybridized carbons (Fsp3) is 1.00. The van der Waals surface area contributed by atoms with Gasteiger partial charge in [-0.3, -0.25) is 0 Å². The van der Waals surface area contributed by atoms with E-state index in [4.69, 9.17) is 23.7 Å². The molecule has 0 aromatic carbocycles. The van der Waals surface area contributed by atoms with Crippen LogP contribution in [0.5, 0.6) is 0 Å². The highest BCUT2D eigenvalue weighted by atomic mass is 16.7. The molecule has 3 rings (SSSR count). The van der Waals surface area contributed by atoms with Crippen LogP contribution < -0.4 is 0 Å². The summed E-state index contributed by atoms with van der Waals surface area (Å²) in [4.78, 5) is 0. The molecule has 0 saturated carbocycles. The van der Waals surface area contributed by atoms with E-state index in [1.807, 2.05) is 0 Å². The highest BCUT2D eigenvalue weighted by Crippen LogP contribution is 2.27. The van der Waals surface area contributed by atoms with E-state index in [-0.39, 0.29) is 0 Å². The Morgan fingerprint density at radius 2 is 0.824 bits per heavy atom. The van der Waals surface area contributed by atoms with Gasteiger partial charge in [-0.25, -0.2) is 0 Å². The predicted molar refractivity (Wildman–Crippen MR) is 101 cm³/mol. The van der Waals surface area contributed by atoms with Crippen LogP contribution in [-0.2, 0) is 23.7 Å². The molecule has 0 aromatic heterocycles. The third kappa shape index (κ3) is 5.68. The third-order valence-corrected chi connectivity index (χ3v) is 6.05. The lowest BCUT2D eigenvalue weighted by Gasteiger charge is -2.43. The molecule has 0 radical (unpaired) electrons. The van der Waals surface area contributed by atoms with Crippen LogP contribution in [0.15, 0.2) is 0 Å². The van der Waals surface area contributed by atoms with E-state index in [2.05, 4.69) is 0 Å². The lowest BCUT2D eigenvalue weighted by Crippen LogP contribution is -2.62. The Morgan fingerprint density at radius 1 is 0.441 bits per heavy atom. The van der Waals surface area contributed by atoms with Gasteiger partial charge in [-0.1, -0.05) is 0 Å². The predicted octanol–water partition coefficient (Wildman–Crippen LogP) is -7.57. The van der Waals surface area contributed by atoms with Crippen molar-refractivity contribution in [1.82, 2.24) is 0 Å². The maximum Gasteiger partial charge on any atom is 0.186 e. The number of aliphatic hydroxyl groups is 11. The molecule has 3 heterocycles. The molecule has 3 aliphatic rings. The van der Waals surface area contributed by atoms with Crippen LogP contribution in [0.4, 0.5) is 0 Å². The van der Waals surface area contributed by atoms with E-state index >= 15 is 0 Å². The topological polar surface area (TPSA) is 269 Å². The van der Waals surface area contributed by atoms with Crippen molar-refractivity contribution < 1.29 is 79.9 Å². The van der Waals surface area contributed by atoms with Crippen molar-refractivity contribution in [3.63, 3.8) is 0 Å². The van der Waals surface area contributed by atoms with E-state index < -0.39 is 112 Å². The molecule has 16 heteroatoms. The molecule has 11 N–H and O–H groups in total. The summed E-state index contributed by atoms with van der Waals surface area (Å²) in [5, 5.41) is 108. The second kappa shape index (κ2) is 11.6. The van der Waals surface area contributed by atoms with Gasteiger partial charge in [0.1, 0.15) is 73.2 Å². The monoisotopic (exact) mass is 504 g/mol. The van der Waals surface area contributed by atoms with Crippen molar-refractivity contribution in [1.29, 1.82) is 0 Å². The zero-order valence-electron chi connectivity index (χ0n) is 17.7. The molecular formula is C18H32O16. The molecule has 34 heavy (non-hydrogen) atoms. The third-order valence-electron chi connectivity index (χ3n) is 6.05. The molecule has 15 atom stereocenters. The van der Waals surface area contributed by atoms with Gasteiger partial charge in [-0.05, 0) is 0 Å². The summed E-state index contributed by atoms with van der Waals surface area (Å²) in [6, 6.07) is 0. The number of ether oxygens (including phenoxy) is 5. The maximum absolute atomic E-state index is 10.2. The van der Waals surface area contributed by atoms with Gasteiger partial charge in [0.25, 0.3) is 0 Å². The molecule has 200 valence electrons. The number of hydrogen-bond donors (Lipinski definition) is 11. The molecule has 0 unspecified atom stereocenters. The summed E-state index contributed by atoms with van der Waals surface area (Å²) in [6.07, 6.45) is -24.4. The van der Waals surface area contributed by atoms with E-state index in [1.165, 1.54) is 0 Å². The van der Waals surface area contributed by atoms with E-state index in [0.29, 0.717) is 0 Å². The lowest BCUT2D eigenvalue weighted by molar-refractivity contribution is -0.340. The zero-order chi connectivity index (χ0) is 25.3. The molecule has 0 spiro atoms. The summed E-state index contributed by atoms with van der Waals surface area (Å²) in [7, 11) is 0. The maximum atomic E-state index is 10.2. The van der Waals surface area contributed by atoms with Crippen LogP contribution in [0, 0.1) is 0 Å². The Balaban J connectivity index is 1.58. The smallest absolute Gasteiger partial charge is 0.186 e. The van der Waals surface area contributed by atoms with E-state index in [1.54, 1.807) is 0 Å². The van der Waals surface area contributed by atoms with Crippen LogP contribution in [0.1, 0.15) is 0 Å². The minimum absolute atomic E-state index is 0.570. The highest BCUT2D eigenvalue weighted by molar-refractivity contribution is 4.92. The Hall–Kier alpha value is -0.640. The second-order valence-corrected chi connectivity index (χ2v) is 8.42. The van der Waals surface area contributed by atoms with Crippen LogP contribution >= 0.6 is 0 Å². The van der Waals surface area contributed by atoms with Gasteiger partial charge in [0, 0.05) is 0 Å². The minimum Gasteiger partial charge on any atom is -0.394 e. The quantitative estimate of drug-likeness (QED) is 0.154. The van der Waals surface area contributed by atoms with Crippen LogP contribution in [0.3, 0.4) is 0 Å². The minimum atomic E-state index is -1.82. The Morgan fingerprint density at radius 3 is 1.29 bits per heavy atom. The van der Waals surface area contributed by atoms with Gasteiger partial charge in [-0.2, -0.15) is 0 Å². The van der Waals surface area contributed by atoms with Crippen molar-refractivity contribution >= 4 is 0 Å². The van der Waals surface area contributed by atoms with Gasteiger partial charge in [0.05, 0.1) is 19.8 Å². The number of aliphatic hydroxyl groups excluding tert-OH is 11. The molecule has 3 aliphatic heterocycles. The van der Waals surface area contributed by atoms with Crippen LogP contribution in [0.25, 0.3) is 0 Å². The van der Waals surface area contributed by atoms with Gasteiger partial charge >= 0.3 is 0 Å². The number of hydrogen-bond acceptors (Lipinski definition) is 16. The first-order valence-electron chi connectivity index (χ1n) is 10.6. The van der Waals surface area contributed by atoms with E-state index in [0.717, 1.165) is 0 Å². The fourth-order valence-electron chi connectivity index (χ4n) is 3.84. The Kier molecular flexibility index (Phi) is 9.54. The first-order valence-corrected chi connectivity index (χ1v) is 10.6. The van der Waals surface area contributed by atoms with Crippen LogP contribution in [-0.4, -0.2) is 168 Å². The Labute approximate surface area is 192 Å². The summed E-state index contributed by atoms with van der Waals surface area (Å²) >= 11 is 0.